The van der Waals surface area contributed by atoms with Crippen molar-refractivity contribution >= 4 is 28.3 Å². The van der Waals surface area contributed by atoms with Gasteiger partial charge >= 0.3 is 0 Å². The van der Waals surface area contributed by atoms with Crippen molar-refractivity contribution in [2.45, 2.75) is 4.90 Å². The number of halogens is 1. The highest BCUT2D eigenvalue weighted by Gasteiger charge is 2.12. The van der Waals surface area contributed by atoms with Gasteiger partial charge in [0.2, 0.25) is 0 Å². The Morgan fingerprint density at radius 3 is 2.35 bits per heavy atom. The number of rotatable bonds is 5. The van der Waals surface area contributed by atoms with Crippen LogP contribution in [0.15, 0.2) is 47.4 Å². The molecule has 106 valence electrons. The monoisotopic (exact) mass is 311 g/mol. The first-order valence-electron chi connectivity index (χ1n) is 5.80. The fourth-order valence-electron chi connectivity index (χ4n) is 1.61. The number of benzene rings is 2. The molecule has 20 heavy (non-hydrogen) atoms. The molecular formula is C14H14ClNO3S. The highest BCUT2D eigenvalue weighted by molar-refractivity contribution is 7.86. The molecule has 1 unspecified atom stereocenters. The van der Waals surface area contributed by atoms with Crippen LogP contribution in [0, 0.1) is 0 Å². The van der Waals surface area contributed by atoms with Crippen LogP contribution in [0.1, 0.15) is 0 Å². The molecule has 0 radical (unpaired) electrons. The molecule has 0 aromatic heterocycles. The second-order valence-corrected chi connectivity index (χ2v) is 5.51. The Kier molecular flexibility index (Phi) is 4.87. The van der Waals surface area contributed by atoms with Gasteiger partial charge in [0.05, 0.1) is 14.2 Å². The maximum absolute atomic E-state index is 12.3. The molecule has 2 aromatic rings. The molecule has 4 nitrogen and oxygen atoms in total. The number of hydrogen-bond acceptors (Lipinski definition) is 3. The minimum absolute atomic E-state index is 0.504. The van der Waals surface area contributed by atoms with E-state index in [1.165, 1.54) is 7.11 Å². The van der Waals surface area contributed by atoms with E-state index in [0.717, 1.165) is 0 Å². The molecule has 1 N–H and O–H groups in total. The Morgan fingerprint density at radius 2 is 1.75 bits per heavy atom. The van der Waals surface area contributed by atoms with Crippen molar-refractivity contribution in [2.75, 3.05) is 18.9 Å². The summed E-state index contributed by atoms with van der Waals surface area (Å²) in [6.07, 6.45) is 0. The van der Waals surface area contributed by atoms with Gasteiger partial charge in [-0.2, -0.15) is 0 Å². The number of hydrogen-bond donors (Lipinski definition) is 1. The standard InChI is InChI=1S/C14H14ClNO3S/c1-18-12-7-8-14(13(9-12)19-2)20(17)16-11-5-3-10(15)4-6-11/h3-9,16H,1-2H3. The van der Waals surface area contributed by atoms with E-state index in [9.17, 15) is 4.21 Å². The second-order valence-electron chi connectivity index (χ2n) is 3.89. The fraction of sp³-hybridized carbons (Fsp3) is 0.143. The van der Waals surface area contributed by atoms with E-state index in [0.29, 0.717) is 27.1 Å². The van der Waals surface area contributed by atoms with Gasteiger partial charge in [0.25, 0.3) is 0 Å². The quantitative estimate of drug-likeness (QED) is 0.919. The van der Waals surface area contributed by atoms with Crippen LogP contribution in [0.3, 0.4) is 0 Å². The van der Waals surface area contributed by atoms with Gasteiger partial charge < -0.3 is 14.2 Å². The molecule has 0 aliphatic rings. The predicted molar refractivity (Wildman–Crippen MR) is 81.0 cm³/mol. The summed E-state index contributed by atoms with van der Waals surface area (Å²) < 4.78 is 25.6. The summed E-state index contributed by atoms with van der Waals surface area (Å²) in [7, 11) is 1.66. The summed E-state index contributed by atoms with van der Waals surface area (Å²) >= 11 is 5.81. The molecule has 2 aromatic carbocycles. The van der Waals surface area contributed by atoms with E-state index in [-0.39, 0.29) is 0 Å². The minimum Gasteiger partial charge on any atom is -0.497 e. The summed E-state index contributed by atoms with van der Waals surface area (Å²) in [6, 6.07) is 12.1. The molecule has 0 bridgehead atoms. The van der Waals surface area contributed by atoms with Crippen molar-refractivity contribution in [1.82, 2.24) is 0 Å². The minimum atomic E-state index is -1.44. The molecule has 2 rings (SSSR count). The SMILES string of the molecule is COc1ccc(S(=O)Nc2ccc(Cl)cc2)c(OC)c1. The molecule has 0 fully saturated rings. The van der Waals surface area contributed by atoms with E-state index in [2.05, 4.69) is 4.72 Å². The lowest BCUT2D eigenvalue weighted by atomic mass is 10.3. The Labute approximate surface area is 125 Å². The molecular weight excluding hydrogens is 298 g/mol. The van der Waals surface area contributed by atoms with Crippen LogP contribution in [0.4, 0.5) is 5.69 Å². The first kappa shape index (κ1) is 14.7. The lowest BCUT2D eigenvalue weighted by molar-refractivity contribution is 0.387. The molecule has 6 heteroatoms. The fourth-order valence-corrected chi connectivity index (χ4v) is 2.71. The zero-order chi connectivity index (χ0) is 14.5. The van der Waals surface area contributed by atoms with Gasteiger partial charge in [0.1, 0.15) is 16.4 Å². The van der Waals surface area contributed by atoms with Crippen LogP contribution in [-0.2, 0) is 11.0 Å². The van der Waals surface area contributed by atoms with Gasteiger partial charge in [-0.05, 0) is 36.4 Å². The van der Waals surface area contributed by atoms with Crippen molar-refractivity contribution in [2.24, 2.45) is 0 Å². The summed E-state index contributed by atoms with van der Waals surface area (Å²) in [6.45, 7) is 0. The number of anilines is 1. The maximum atomic E-state index is 12.3. The zero-order valence-corrected chi connectivity index (χ0v) is 12.6. The van der Waals surface area contributed by atoms with Gasteiger partial charge in [-0.25, -0.2) is 4.21 Å². The van der Waals surface area contributed by atoms with Gasteiger partial charge in [0, 0.05) is 16.8 Å². The van der Waals surface area contributed by atoms with E-state index >= 15 is 0 Å². The van der Waals surface area contributed by atoms with Gasteiger partial charge in [-0.1, -0.05) is 11.6 Å². The summed E-state index contributed by atoms with van der Waals surface area (Å²) in [5.41, 5.74) is 0.714. The Morgan fingerprint density at radius 1 is 1.05 bits per heavy atom. The second kappa shape index (κ2) is 6.63. The number of nitrogens with one attached hydrogen (secondary N) is 1. The lowest BCUT2D eigenvalue weighted by Crippen LogP contribution is -2.06. The summed E-state index contributed by atoms with van der Waals surface area (Å²) in [5.74, 6) is 1.15. The molecule has 0 heterocycles. The van der Waals surface area contributed by atoms with Crippen LogP contribution in [0.5, 0.6) is 11.5 Å². The summed E-state index contributed by atoms with van der Waals surface area (Å²) in [4.78, 5) is 0.545. The third-order valence-electron chi connectivity index (χ3n) is 2.63. The molecule has 0 amide bonds. The van der Waals surface area contributed by atoms with Crippen LogP contribution < -0.4 is 14.2 Å². The Hall–Kier alpha value is -1.72. The normalized spacial score (nSPS) is 11.8. The molecule has 0 spiro atoms. The maximum Gasteiger partial charge on any atom is 0.154 e. The Balaban J connectivity index is 2.22. The Bertz CT molecular complexity index is 616. The van der Waals surface area contributed by atoms with Gasteiger partial charge in [0.15, 0.2) is 11.0 Å². The van der Waals surface area contributed by atoms with Crippen molar-refractivity contribution in [3.8, 4) is 11.5 Å². The van der Waals surface area contributed by atoms with Crippen molar-refractivity contribution in [3.05, 3.63) is 47.5 Å². The first-order chi connectivity index (χ1) is 9.63. The number of ether oxygens (including phenoxy) is 2. The molecule has 0 aliphatic carbocycles. The van der Waals surface area contributed by atoms with Crippen molar-refractivity contribution < 1.29 is 13.7 Å². The van der Waals surface area contributed by atoms with Gasteiger partial charge in [-0.15, -0.1) is 0 Å². The summed E-state index contributed by atoms with van der Waals surface area (Å²) in [5, 5.41) is 0.628. The van der Waals surface area contributed by atoms with E-state index in [1.54, 1.807) is 49.6 Å². The third kappa shape index (κ3) is 3.43. The van der Waals surface area contributed by atoms with Crippen molar-refractivity contribution in [1.29, 1.82) is 0 Å². The van der Waals surface area contributed by atoms with E-state index in [4.69, 9.17) is 21.1 Å². The molecule has 0 aliphatic heterocycles. The van der Waals surface area contributed by atoms with Crippen LogP contribution in [0.2, 0.25) is 5.02 Å². The predicted octanol–water partition coefficient (Wildman–Crippen LogP) is 3.49. The van der Waals surface area contributed by atoms with Crippen molar-refractivity contribution in [3.63, 3.8) is 0 Å². The van der Waals surface area contributed by atoms with Crippen LogP contribution >= 0.6 is 11.6 Å². The largest absolute Gasteiger partial charge is 0.497 e. The van der Waals surface area contributed by atoms with E-state index < -0.39 is 11.0 Å². The zero-order valence-electron chi connectivity index (χ0n) is 11.1. The average molecular weight is 312 g/mol. The highest BCUT2D eigenvalue weighted by atomic mass is 35.5. The first-order valence-corrected chi connectivity index (χ1v) is 7.33. The molecule has 0 saturated heterocycles. The highest BCUT2D eigenvalue weighted by Crippen LogP contribution is 2.28. The lowest BCUT2D eigenvalue weighted by Gasteiger charge is -2.11. The van der Waals surface area contributed by atoms with Crippen LogP contribution in [-0.4, -0.2) is 18.4 Å². The average Bonchev–Trinajstić information content (AvgIpc) is 2.48. The van der Waals surface area contributed by atoms with Crippen LogP contribution in [0.25, 0.3) is 0 Å². The molecule has 0 saturated carbocycles. The van der Waals surface area contributed by atoms with E-state index in [1.807, 2.05) is 0 Å². The smallest absolute Gasteiger partial charge is 0.154 e. The third-order valence-corrected chi connectivity index (χ3v) is 4.04. The number of methoxy groups -OCH3 is 2. The van der Waals surface area contributed by atoms with Gasteiger partial charge in [-0.3, -0.25) is 0 Å². The molecule has 1 atom stereocenters. The topological polar surface area (TPSA) is 47.6 Å².